The van der Waals surface area contributed by atoms with Gasteiger partial charge in [-0.3, -0.25) is 4.79 Å². The molecular formula is C13H15NO2. The highest BCUT2D eigenvalue weighted by Crippen LogP contribution is 2.22. The summed E-state index contributed by atoms with van der Waals surface area (Å²) in [5.41, 5.74) is 1.72. The van der Waals surface area contributed by atoms with E-state index in [-0.39, 0.29) is 5.91 Å². The van der Waals surface area contributed by atoms with E-state index in [9.17, 15) is 4.79 Å². The van der Waals surface area contributed by atoms with Gasteiger partial charge in [-0.05, 0) is 36.3 Å². The van der Waals surface area contributed by atoms with Gasteiger partial charge in [0.1, 0.15) is 5.75 Å². The number of amides is 1. The van der Waals surface area contributed by atoms with E-state index in [0.29, 0.717) is 6.42 Å². The van der Waals surface area contributed by atoms with Crippen molar-refractivity contribution in [1.29, 1.82) is 0 Å². The molecule has 0 fully saturated rings. The van der Waals surface area contributed by atoms with Crippen LogP contribution in [0, 0.1) is 0 Å². The number of ether oxygens (including phenoxy) is 1. The molecule has 3 nitrogen and oxygen atoms in total. The van der Waals surface area contributed by atoms with Gasteiger partial charge >= 0.3 is 0 Å². The SMILES string of the molecule is C=CCc1cc(OC)ccc1NC(=O)C=C. The normalized spacial score (nSPS) is 9.31. The van der Waals surface area contributed by atoms with Gasteiger partial charge in [-0.1, -0.05) is 12.7 Å². The number of benzene rings is 1. The smallest absolute Gasteiger partial charge is 0.247 e. The summed E-state index contributed by atoms with van der Waals surface area (Å²) in [5, 5.41) is 2.74. The fraction of sp³-hybridized carbons (Fsp3) is 0.154. The van der Waals surface area contributed by atoms with Crippen LogP contribution in [-0.2, 0) is 11.2 Å². The average molecular weight is 217 g/mol. The standard InChI is InChI=1S/C13H15NO2/c1-4-6-10-9-11(16-3)7-8-12(10)14-13(15)5-2/h4-5,7-9H,1-2,6H2,3H3,(H,14,15). The molecule has 84 valence electrons. The predicted octanol–water partition coefficient (Wildman–Crippen LogP) is 2.55. The third-order valence-corrected chi connectivity index (χ3v) is 2.12. The summed E-state index contributed by atoms with van der Waals surface area (Å²) in [4.78, 5) is 11.2. The second-order valence-electron chi connectivity index (χ2n) is 3.21. The van der Waals surface area contributed by atoms with E-state index in [2.05, 4.69) is 18.5 Å². The quantitative estimate of drug-likeness (QED) is 0.608. The van der Waals surface area contributed by atoms with Crippen molar-refractivity contribution in [2.75, 3.05) is 12.4 Å². The first-order chi connectivity index (χ1) is 7.71. The molecule has 0 radical (unpaired) electrons. The molecule has 0 aliphatic rings. The van der Waals surface area contributed by atoms with Gasteiger partial charge in [0.2, 0.25) is 5.91 Å². The Morgan fingerprint density at radius 1 is 1.50 bits per heavy atom. The topological polar surface area (TPSA) is 38.3 Å². The average Bonchev–Trinajstić information content (AvgIpc) is 2.31. The first kappa shape index (κ1) is 12.0. The molecular weight excluding hydrogens is 202 g/mol. The molecule has 0 aliphatic heterocycles. The third kappa shape index (κ3) is 2.98. The van der Waals surface area contributed by atoms with Crippen LogP contribution in [0.1, 0.15) is 5.56 Å². The maximum absolute atomic E-state index is 11.2. The molecule has 0 saturated carbocycles. The first-order valence-electron chi connectivity index (χ1n) is 4.92. The van der Waals surface area contributed by atoms with Gasteiger partial charge in [0.25, 0.3) is 0 Å². The summed E-state index contributed by atoms with van der Waals surface area (Å²) >= 11 is 0. The zero-order valence-electron chi connectivity index (χ0n) is 9.32. The van der Waals surface area contributed by atoms with Gasteiger partial charge < -0.3 is 10.1 Å². The molecule has 0 atom stereocenters. The molecule has 1 aromatic carbocycles. The number of hydrogen-bond acceptors (Lipinski definition) is 2. The minimum Gasteiger partial charge on any atom is -0.497 e. The Hall–Kier alpha value is -2.03. The summed E-state index contributed by atoms with van der Waals surface area (Å²) in [5.74, 6) is 0.531. The van der Waals surface area contributed by atoms with E-state index in [4.69, 9.17) is 4.74 Å². The lowest BCUT2D eigenvalue weighted by Gasteiger charge is -2.10. The molecule has 1 aromatic rings. The van der Waals surface area contributed by atoms with Gasteiger partial charge in [0.15, 0.2) is 0 Å². The number of rotatable bonds is 5. The van der Waals surface area contributed by atoms with Crippen molar-refractivity contribution in [2.45, 2.75) is 6.42 Å². The number of allylic oxidation sites excluding steroid dienone is 1. The number of carbonyl (C=O) groups excluding carboxylic acids is 1. The van der Waals surface area contributed by atoms with E-state index < -0.39 is 0 Å². The number of carbonyl (C=O) groups is 1. The van der Waals surface area contributed by atoms with Crippen molar-refractivity contribution >= 4 is 11.6 Å². The van der Waals surface area contributed by atoms with Crippen molar-refractivity contribution < 1.29 is 9.53 Å². The predicted molar refractivity (Wildman–Crippen MR) is 65.7 cm³/mol. The highest BCUT2D eigenvalue weighted by molar-refractivity contribution is 5.99. The molecule has 16 heavy (non-hydrogen) atoms. The summed E-state index contributed by atoms with van der Waals surface area (Å²) in [7, 11) is 1.61. The van der Waals surface area contributed by atoms with E-state index in [1.54, 1.807) is 25.3 Å². The maximum Gasteiger partial charge on any atom is 0.247 e. The van der Waals surface area contributed by atoms with Crippen molar-refractivity contribution in [2.24, 2.45) is 0 Å². The Balaban J connectivity index is 3.01. The van der Waals surface area contributed by atoms with Crippen molar-refractivity contribution in [3.8, 4) is 5.75 Å². The summed E-state index contributed by atoms with van der Waals surface area (Å²) in [6, 6.07) is 5.48. The maximum atomic E-state index is 11.2. The zero-order chi connectivity index (χ0) is 12.0. The Bertz CT molecular complexity index is 410. The molecule has 0 unspecified atom stereocenters. The minimum absolute atomic E-state index is 0.226. The molecule has 0 aliphatic carbocycles. The van der Waals surface area contributed by atoms with E-state index in [0.717, 1.165) is 17.0 Å². The Morgan fingerprint density at radius 3 is 2.81 bits per heavy atom. The summed E-state index contributed by atoms with van der Waals surface area (Å²) in [6.07, 6.45) is 3.68. The van der Waals surface area contributed by atoms with Crippen LogP contribution in [-0.4, -0.2) is 13.0 Å². The molecule has 0 bridgehead atoms. The number of nitrogens with one attached hydrogen (secondary N) is 1. The van der Waals surface area contributed by atoms with Crippen molar-refractivity contribution in [3.05, 3.63) is 49.1 Å². The van der Waals surface area contributed by atoms with E-state index >= 15 is 0 Å². The zero-order valence-corrected chi connectivity index (χ0v) is 9.32. The molecule has 0 heterocycles. The molecule has 1 amide bonds. The van der Waals surface area contributed by atoms with Crippen molar-refractivity contribution in [3.63, 3.8) is 0 Å². The first-order valence-corrected chi connectivity index (χ1v) is 4.92. The van der Waals surface area contributed by atoms with Crippen LogP contribution in [0.5, 0.6) is 5.75 Å². The Labute approximate surface area is 95.4 Å². The number of methoxy groups -OCH3 is 1. The largest absolute Gasteiger partial charge is 0.497 e. The molecule has 1 N–H and O–H groups in total. The lowest BCUT2D eigenvalue weighted by molar-refractivity contribution is -0.111. The molecule has 0 saturated heterocycles. The van der Waals surface area contributed by atoms with Gasteiger partial charge in [0.05, 0.1) is 7.11 Å². The second-order valence-corrected chi connectivity index (χ2v) is 3.21. The highest BCUT2D eigenvalue weighted by Gasteiger charge is 2.05. The van der Waals surface area contributed by atoms with Crippen LogP contribution in [0.2, 0.25) is 0 Å². The van der Waals surface area contributed by atoms with Gasteiger partial charge in [0, 0.05) is 5.69 Å². The third-order valence-electron chi connectivity index (χ3n) is 2.12. The van der Waals surface area contributed by atoms with Gasteiger partial charge in [-0.2, -0.15) is 0 Å². The van der Waals surface area contributed by atoms with Crippen LogP contribution >= 0.6 is 0 Å². The number of anilines is 1. The van der Waals surface area contributed by atoms with Crippen LogP contribution in [0.3, 0.4) is 0 Å². The fourth-order valence-corrected chi connectivity index (χ4v) is 1.33. The van der Waals surface area contributed by atoms with Crippen LogP contribution in [0.4, 0.5) is 5.69 Å². The van der Waals surface area contributed by atoms with Gasteiger partial charge in [-0.15, -0.1) is 6.58 Å². The minimum atomic E-state index is -0.226. The second kappa shape index (κ2) is 5.75. The summed E-state index contributed by atoms with van der Waals surface area (Å²) < 4.78 is 5.12. The molecule has 3 heteroatoms. The highest BCUT2D eigenvalue weighted by atomic mass is 16.5. The number of hydrogen-bond donors (Lipinski definition) is 1. The van der Waals surface area contributed by atoms with Gasteiger partial charge in [-0.25, -0.2) is 0 Å². The van der Waals surface area contributed by atoms with Crippen LogP contribution in [0.25, 0.3) is 0 Å². The Morgan fingerprint density at radius 2 is 2.25 bits per heavy atom. The van der Waals surface area contributed by atoms with Crippen LogP contribution < -0.4 is 10.1 Å². The fourth-order valence-electron chi connectivity index (χ4n) is 1.33. The molecule has 0 aromatic heterocycles. The lowest BCUT2D eigenvalue weighted by Crippen LogP contribution is -2.09. The van der Waals surface area contributed by atoms with Crippen molar-refractivity contribution in [1.82, 2.24) is 0 Å². The Kier molecular flexibility index (Phi) is 4.33. The van der Waals surface area contributed by atoms with E-state index in [1.165, 1.54) is 6.08 Å². The summed E-state index contributed by atoms with van der Waals surface area (Å²) in [6.45, 7) is 7.09. The van der Waals surface area contributed by atoms with E-state index in [1.807, 2.05) is 6.07 Å². The monoisotopic (exact) mass is 217 g/mol. The molecule has 0 spiro atoms. The van der Waals surface area contributed by atoms with Crippen LogP contribution in [0.15, 0.2) is 43.5 Å². The lowest BCUT2D eigenvalue weighted by atomic mass is 10.1. The molecule has 1 rings (SSSR count).